The zero-order chi connectivity index (χ0) is 22.7. The van der Waals surface area contributed by atoms with Gasteiger partial charge in [0.25, 0.3) is 0 Å². The van der Waals surface area contributed by atoms with E-state index < -0.39 is 23.4 Å². The largest absolute Gasteiger partial charge is 0.388 e. The smallest absolute Gasteiger partial charge is 0.116 e. The monoisotopic (exact) mass is 437 g/mol. The van der Waals surface area contributed by atoms with E-state index >= 15 is 0 Å². The van der Waals surface area contributed by atoms with Crippen molar-refractivity contribution in [3.8, 4) is 0 Å². The number of rotatable bonds is 1. The van der Waals surface area contributed by atoms with Crippen LogP contribution in [-0.2, 0) is 16.6 Å². The number of nitrogens with one attached hydrogen (secondary N) is 1. The molecule has 0 spiro atoms. The van der Waals surface area contributed by atoms with Crippen molar-refractivity contribution in [3.63, 3.8) is 0 Å². The molecule has 1 aromatic heterocycles. The van der Waals surface area contributed by atoms with Crippen molar-refractivity contribution in [3.05, 3.63) is 47.2 Å². The lowest BCUT2D eigenvalue weighted by Gasteiger charge is -2.65. The van der Waals surface area contributed by atoms with Crippen molar-refractivity contribution in [1.82, 2.24) is 4.98 Å². The molecule has 3 aliphatic carbocycles. The molecule has 0 radical (unpaired) electrons. The van der Waals surface area contributed by atoms with Gasteiger partial charge in [-0.25, -0.2) is 0 Å². The Morgan fingerprint density at radius 3 is 2.62 bits per heavy atom. The predicted molar refractivity (Wildman–Crippen MR) is 123 cm³/mol. The van der Waals surface area contributed by atoms with Crippen LogP contribution in [0.4, 0.5) is 0 Å². The molecule has 0 amide bonds. The van der Waals surface area contributed by atoms with Crippen molar-refractivity contribution < 1.29 is 20.1 Å². The summed E-state index contributed by atoms with van der Waals surface area (Å²) in [6, 6.07) is 8.53. The van der Waals surface area contributed by atoms with Gasteiger partial charge in [0.15, 0.2) is 0 Å². The Balaban J connectivity index is 1.49. The highest BCUT2D eigenvalue weighted by Crippen LogP contribution is 2.69. The Bertz CT molecular complexity index is 1130. The van der Waals surface area contributed by atoms with Crippen molar-refractivity contribution in [2.75, 3.05) is 0 Å². The van der Waals surface area contributed by atoms with E-state index in [0.29, 0.717) is 12.3 Å². The van der Waals surface area contributed by atoms with Crippen molar-refractivity contribution in [1.29, 1.82) is 0 Å². The van der Waals surface area contributed by atoms with E-state index in [2.05, 4.69) is 43.1 Å². The highest BCUT2D eigenvalue weighted by atomic mass is 16.5. The lowest BCUT2D eigenvalue weighted by atomic mass is 9.42. The van der Waals surface area contributed by atoms with Gasteiger partial charge in [0.1, 0.15) is 12.2 Å². The summed E-state index contributed by atoms with van der Waals surface area (Å²) < 4.78 is 6.25. The molecule has 32 heavy (non-hydrogen) atoms. The molecule has 6 rings (SSSR count). The zero-order valence-electron chi connectivity index (χ0n) is 19.5. The van der Waals surface area contributed by atoms with Crippen LogP contribution in [-0.4, -0.2) is 49.8 Å². The van der Waals surface area contributed by atoms with Crippen LogP contribution in [0.25, 0.3) is 10.9 Å². The van der Waals surface area contributed by atoms with Gasteiger partial charge < -0.3 is 25.0 Å². The minimum absolute atomic E-state index is 0.196. The number of para-hydroxylation sites is 1. The van der Waals surface area contributed by atoms with Crippen LogP contribution in [0, 0.1) is 11.3 Å². The SMILES string of the molecule is CC(C)(O)C1OC2CCC3(C)C(O)(CCC4Cc5c([nH]c6ccccc56)C43C)C2=CC1O. The first-order valence-electron chi connectivity index (χ1n) is 12.1. The van der Waals surface area contributed by atoms with Crippen molar-refractivity contribution >= 4 is 10.9 Å². The van der Waals surface area contributed by atoms with Crippen LogP contribution < -0.4 is 0 Å². The van der Waals surface area contributed by atoms with Crippen molar-refractivity contribution in [2.24, 2.45) is 11.3 Å². The third-order valence-electron chi connectivity index (χ3n) is 9.91. The van der Waals surface area contributed by atoms with Crippen LogP contribution in [0.1, 0.15) is 64.6 Å². The van der Waals surface area contributed by atoms with E-state index in [1.54, 1.807) is 19.9 Å². The first kappa shape index (κ1) is 20.9. The highest BCUT2D eigenvalue weighted by molar-refractivity contribution is 5.86. The molecule has 5 nitrogen and oxygen atoms in total. The van der Waals surface area contributed by atoms with Crippen LogP contribution in [0.15, 0.2) is 35.9 Å². The van der Waals surface area contributed by atoms with Gasteiger partial charge in [-0.2, -0.15) is 0 Å². The molecular formula is C27H35NO4. The summed E-state index contributed by atoms with van der Waals surface area (Å²) in [6.45, 7) is 7.95. The van der Waals surface area contributed by atoms with Gasteiger partial charge in [0, 0.05) is 27.4 Å². The molecule has 7 unspecified atom stereocenters. The third kappa shape index (κ3) is 2.33. The Hall–Kier alpha value is -1.66. The fraction of sp³-hybridized carbons (Fsp3) is 0.630. The summed E-state index contributed by atoms with van der Waals surface area (Å²) in [5.41, 5.74) is 1.91. The fourth-order valence-corrected chi connectivity index (χ4v) is 7.99. The van der Waals surface area contributed by atoms with E-state index in [1.807, 2.05) is 0 Å². The molecule has 2 saturated carbocycles. The second-order valence-corrected chi connectivity index (χ2v) is 11.7. The predicted octanol–water partition coefficient (Wildman–Crippen LogP) is 3.75. The van der Waals surface area contributed by atoms with Gasteiger partial charge in [-0.3, -0.25) is 0 Å². The molecule has 1 aromatic carbocycles. The summed E-state index contributed by atoms with van der Waals surface area (Å²) >= 11 is 0. The molecule has 172 valence electrons. The van der Waals surface area contributed by atoms with Gasteiger partial charge in [-0.15, -0.1) is 0 Å². The maximum absolute atomic E-state index is 12.4. The summed E-state index contributed by atoms with van der Waals surface area (Å²) in [5.74, 6) is 0.481. The van der Waals surface area contributed by atoms with E-state index in [-0.39, 0.29) is 16.9 Å². The molecule has 0 bridgehead atoms. The van der Waals surface area contributed by atoms with Crippen LogP contribution in [0.5, 0.6) is 0 Å². The molecule has 0 saturated heterocycles. The minimum atomic E-state index is -1.15. The second-order valence-electron chi connectivity index (χ2n) is 11.7. The maximum atomic E-state index is 12.4. The number of aromatic amines is 1. The highest BCUT2D eigenvalue weighted by Gasteiger charge is 2.70. The van der Waals surface area contributed by atoms with Crippen LogP contribution >= 0.6 is 0 Å². The first-order valence-corrected chi connectivity index (χ1v) is 12.1. The lowest BCUT2D eigenvalue weighted by molar-refractivity contribution is -0.209. The molecule has 5 heteroatoms. The number of hydrogen-bond donors (Lipinski definition) is 4. The zero-order valence-corrected chi connectivity index (χ0v) is 19.5. The Morgan fingerprint density at radius 1 is 1.12 bits per heavy atom. The summed E-state index contributed by atoms with van der Waals surface area (Å²) in [4.78, 5) is 3.75. The average Bonchev–Trinajstić information content (AvgIpc) is 3.24. The molecule has 2 aromatic rings. The number of aliphatic hydroxyl groups excluding tert-OH is 1. The Morgan fingerprint density at radius 2 is 1.88 bits per heavy atom. The van der Waals surface area contributed by atoms with Gasteiger partial charge in [0.2, 0.25) is 0 Å². The lowest BCUT2D eigenvalue weighted by Crippen LogP contribution is -2.68. The molecular weight excluding hydrogens is 402 g/mol. The van der Waals surface area contributed by atoms with Gasteiger partial charge in [-0.1, -0.05) is 32.0 Å². The molecule has 2 heterocycles. The summed E-state index contributed by atoms with van der Waals surface area (Å²) in [7, 11) is 0. The van der Waals surface area contributed by atoms with Gasteiger partial charge in [0.05, 0.1) is 17.3 Å². The number of hydrogen-bond acceptors (Lipinski definition) is 4. The number of aliphatic hydroxyl groups is 3. The van der Waals surface area contributed by atoms with Gasteiger partial charge in [-0.05, 0) is 75.1 Å². The van der Waals surface area contributed by atoms with Crippen molar-refractivity contribution in [2.45, 2.75) is 94.7 Å². The molecule has 1 aliphatic heterocycles. The quantitative estimate of drug-likeness (QED) is 0.512. The Kier molecular flexibility index (Phi) is 4.09. The minimum Gasteiger partial charge on any atom is -0.388 e. The van der Waals surface area contributed by atoms with Crippen LogP contribution in [0.3, 0.4) is 0 Å². The van der Waals surface area contributed by atoms with E-state index in [9.17, 15) is 15.3 Å². The summed E-state index contributed by atoms with van der Waals surface area (Å²) in [6.07, 6.45) is 4.18. The second kappa shape index (κ2) is 6.26. The number of ether oxygens (including phenoxy) is 1. The number of H-pyrrole nitrogens is 1. The first-order chi connectivity index (χ1) is 15.0. The maximum Gasteiger partial charge on any atom is 0.116 e. The molecule has 4 N–H and O–H groups in total. The third-order valence-corrected chi connectivity index (χ3v) is 9.91. The topological polar surface area (TPSA) is 85.7 Å². The number of aromatic nitrogens is 1. The van der Waals surface area contributed by atoms with E-state index in [0.717, 1.165) is 31.3 Å². The van der Waals surface area contributed by atoms with Gasteiger partial charge >= 0.3 is 0 Å². The summed E-state index contributed by atoms with van der Waals surface area (Å²) in [5, 5.41) is 35.1. The number of benzene rings is 1. The average molecular weight is 438 g/mol. The van der Waals surface area contributed by atoms with E-state index in [4.69, 9.17) is 4.74 Å². The molecule has 4 aliphatic rings. The van der Waals surface area contributed by atoms with Crippen LogP contribution in [0.2, 0.25) is 0 Å². The number of fused-ring (bicyclic) bond motifs is 9. The fourth-order valence-electron chi connectivity index (χ4n) is 7.99. The Labute approximate surface area is 189 Å². The molecule has 2 fully saturated rings. The van der Waals surface area contributed by atoms with E-state index in [1.165, 1.54) is 22.2 Å². The normalized spacial score (nSPS) is 43.3. The standard InChI is InChI=1S/C27H35NO4/c1-24(2,30)23-20(29)14-18-21(32-23)10-11-25(3)26(4)15(9-12-27(18,25)31)13-17-16-7-5-6-8-19(16)28-22(17)26/h5-8,14-15,20-21,23,28-31H,9-13H2,1-4H3. The molecule has 7 atom stereocenters.